The number of halogens is 1. The quantitative estimate of drug-likeness (QED) is 0.744. The molecule has 0 aliphatic carbocycles. The van der Waals surface area contributed by atoms with Gasteiger partial charge in [-0.3, -0.25) is 4.98 Å². The van der Waals surface area contributed by atoms with Crippen LogP contribution in [0.2, 0.25) is 0 Å². The van der Waals surface area contributed by atoms with Gasteiger partial charge in [-0.25, -0.2) is 0 Å². The second-order valence-corrected chi connectivity index (χ2v) is 3.05. The lowest BCUT2D eigenvalue weighted by atomic mass is 10.3. The summed E-state index contributed by atoms with van der Waals surface area (Å²) in [5, 5.41) is 3.50. The lowest BCUT2D eigenvalue weighted by Crippen LogP contribution is -1.79. The Bertz CT molecular complexity index is 374. The maximum absolute atomic E-state index is 4.85. The number of aromatic nitrogens is 3. The third-order valence-electron chi connectivity index (χ3n) is 1.31. The summed E-state index contributed by atoms with van der Waals surface area (Å²) in [7, 11) is 0. The van der Waals surface area contributed by atoms with E-state index in [2.05, 4.69) is 31.1 Å². The highest BCUT2D eigenvalue weighted by atomic mass is 79.9. The minimum Gasteiger partial charge on any atom is -0.334 e. The Morgan fingerprint density at radius 1 is 1.33 bits per heavy atom. The zero-order valence-corrected chi connectivity index (χ0v) is 7.52. The van der Waals surface area contributed by atoms with Crippen molar-refractivity contribution in [2.75, 3.05) is 0 Å². The summed E-state index contributed by atoms with van der Waals surface area (Å²) in [4.78, 5) is 7.85. The van der Waals surface area contributed by atoms with Gasteiger partial charge < -0.3 is 4.52 Å². The molecule has 0 N–H and O–H groups in total. The molecule has 12 heavy (non-hydrogen) atoms. The van der Waals surface area contributed by atoms with E-state index in [0.717, 1.165) is 10.0 Å². The molecule has 5 heteroatoms. The smallest absolute Gasteiger partial charge is 0.259 e. The predicted molar refractivity (Wildman–Crippen MR) is 45.2 cm³/mol. The van der Waals surface area contributed by atoms with Gasteiger partial charge in [0.25, 0.3) is 5.89 Å². The van der Waals surface area contributed by atoms with Crippen molar-refractivity contribution in [3.8, 4) is 11.5 Å². The number of hydrogen-bond donors (Lipinski definition) is 0. The fraction of sp³-hybridized carbons (Fsp3) is 0. The van der Waals surface area contributed by atoms with Crippen molar-refractivity contribution < 1.29 is 4.52 Å². The Labute approximate surface area is 76.8 Å². The van der Waals surface area contributed by atoms with Crippen LogP contribution in [-0.2, 0) is 0 Å². The Hall–Kier alpha value is -1.23. The second kappa shape index (κ2) is 3.02. The molecule has 0 atom stereocenters. The minimum absolute atomic E-state index is 0.476. The summed E-state index contributed by atoms with van der Waals surface area (Å²) in [6.07, 6.45) is 4.72. The van der Waals surface area contributed by atoms with Crippen LogP contribution in [0.4, 0.5) is 0 Å². The van der Waals surface area contributed by atoms with Gasteiger partial charge in [-0.2, -0.15) is 4.98 Å². The Morgan fingerprint density at radius 2 is 2.25 bits per heavy atom. The summed E-state index contributed by atoms with van der Waals surface area (Å²) in [6.45, 7) is 0. The van der Waals surface area contributed by atoms with E-state index < -0.39 is 0 Å². The average molecular weight is 226 g/mol. The first-order valence-corrected chi connectivity index (χ1v) is 4.03. The molecule has 0 fully saturated rings. The third-order valence-corrected chi connectivity index (χ3v) is 1.75. The molecule has 60 valence electrons. The van der Waals surface area contributed by atoms with Gasteiger partial charge in [0.2, 0.25) is 0 Å². The molecule has 0 unspecified atom stereocenters. The lowest BCUT2D eigenvalue weighted by Gasteiger charge is -1.92. The van der Waals surface area contributed by atoms with E-state index in [-0.39, 0.29) is 0 Å². The van der Waals surface area contributed by atoms with Crippen molar-refractivity contribution in [3.63, 3.8) is 0 Å². The first kappa shape index (κ1) is 7.42. The van der Waals surface area contributed by atoms with Crippen LogP contribution in [0.3, 0.4) is 0 Å². The first-order valence-electron chi connectivity index (χ1n) is 3.24. The van der Waals surface area contributed by atoms with Crippen LogP contribution < -0.4 is 0 Å². The Morgan fingerprint density at radius 3 is 2.92 bits per heavy atom. The molecule has 2 rings (SSSR count). The molecule has 0 amide bonds. The molecule has 0 radical (unpaired) electrons. The van der Waals surface area contributed by atoms with E-state index in [1.54, 1.807) is 12.4 Å². The molecule has 4 nitrogen and oxygen atoms in total. The fourth-order valence-corrected chi connectivity index (χ4v) is 1.19. The van der Waals surface area contributed by atoms with Gasteiger partial charge in [-0.1, -0.05) is 5.16 Å². The molecule has 0 aliphatic rings. The monoisotopic (exact) mass is 225 g/mol. The molecule has 0 aliphatic heterocycles. The molecule has 2 heterocycles. The maximum atomic E-state index is 4.85. The summed E-state index contributed by atoms with van der Waals surface area (Å²) >= 11 is 3.30. The molecular weight excluding hydrogens is 222 g/mol. The highest BCUT2D eigenvalue weighted by molar-refractivity contribution is 9.10. The van der Waals surface area contributed by atoms with Gasteiger partial charge in [-0.15, -0.1) is 0 Å². The number of rotatable bonds is 1. The maximum Gasteiger partial charge on any atom is 0.259 e. The number of pyridine rings is 1. The molecule has 0 saturated carbocycles. The van der Waals surface area contributed by atoms with Crippen molar-refractivity contribution in [3.05, 3.63) is 29.3 Å². The van der Waals surface area contributed by atoms with Crippen molar-refractivity contribution >= 4 is 15.9 Å². The second-order valence-electron chi connectivity index (χ2n) is 2.14. The molecule has 0 bridgehead atoms. The summed E-state index contributed by atoms with van der Waals surface area (Å²) in [6, 6.07) is 1.86. The zero-order chi connectivity index (χ0) is 8.39. The predicted octanol–water partition coefficient (Wildman–Crippen LogP) is 1.89. The van der Waals surface area contributed by atoms with Crippen LogP contribution >= 0.6 is 15.9 Å². The van der Waals surface area contributed by atoms with Crippen molar-refractivity contribution in [2.45, 2.75) is 0 Å². The van der Waals surface area contributed by atoms with E-state index in [1.165, 1.54) is 6.33 Å². The Kier molecular flexibility index (Phi) is 1.87. The lowest BCUT2D eigenvalue weighted by molar-refractivity contribution is 0.430. The Balaban J connectivity index is 2.48. The van der Waals surface area contributed by atoms with Crippen molar-refractivity contribution in [1.29, 1.82) is 0 Å². The van der Waals surface area contributed by atoms with E-state index in [9.17, 15) is 0 Å². The van der Waals surface area contributed by atoms with Crippen molar-refractivity contribution in [2.24, 2.45) is 0 Å². The van der Waals surface area contributed by atoms with E-state index in [0.29, 0.717) is 5.89 Å². The molecule has 2 aromatic rings. The third kappa shape index (κ3) is 1.35. The number of nitrogens with zero attached hydrogens (tertiary/aromatic N) is 3. The average Bonchev–Trinajstić information content (AvgIpc) is 2.56. The SMILES string of the molecule is Brc1cncc(-c2ncno2)c1. The first-order chi connectivity index (χ1) is 5.86. The van der Waals surface area contributed by atoms with Gasteiger partial charge >= 0.3 is 0 Å². The van der Waals surface area contributed by atoms with Crippen LogP contribution in [0.5, 0.6) is 0 Å². The van der Waals surface area contributed by atoms with E-state index in [1.807, 2.05) is 6.07 Å². The molecule has 0 spiro atoms. The fourth-order valence-electron chi connectivity index (χ4n) is 0.829. The van der Waals surface area contributed by atoms with Crippen LogP contribution in [0.15, 0.2) is 33.8 Å². The topological polar surface area (TPSA) is 51.8 Å². The molecule has 2 aromatic heterocycles. The summed E-state index contributed by atoms with van der Waals surface area (Å²) in [5.41, 5.74) is 0.807. The minimum atomic E-state index is 0.476. The van der Waals surface area contributed by atoms with Gasteiger partial charge in [0.1, 0.15) is 0 Å². The standard InChI is InChI=1S/C7H4BrN3O/c8-6-1-5(2-9-3-6)7-10-4-11-12-7/h1-4H. The van der Waals surface area contributed by atoms with Gasteiger partial charge in [0, 0.05) is 16.9 Å². The molecular formula is C7H4BrN3O. The highest BCUT2D eigenvalue weighted by Gasteiger charge is 2.03. The van der Waals surface area contributed by atoms with Crippen molar-refractivity contribution in [1.82, 2.24) is 15.1 Å². The van der Waals surface area contributed by atoms with Gasteiger partial charge in [0.05, 0.1) is 5.56 Å². The van der Waals surface area contributed by atoms with Crippen LogP contribution in [-0.4, -0.2) is 15.1 Å². The number of hydrogen-bond acceptors (Lipinski definition) is 4. The molecule has 0 aromatic carbocycles. The highest BCUT2D eigenvalue weighted by Crippen LogP contribution is 2.18. The van der Waals surface area contributed by atoms with Crippen LogP contribution in [0.25, 0.3) is 11.5 Å². The summed E-state index contributed by atoms with van der Waals surface area (Å²) in [5.74, 6) is 0.476. The van der Waals surface area contributed by atoms with Crippen LogP contribution in [0, 0.1) is 0 Å². The van der Waals surface area contributed by atoms with Gasteiger partial charge in [-0.05, 0) is 22.0 Å². The molecule has 0 saturated heterocycles. The van der Waals surface area contributed by atoms with Crippen LogP contribution in [0.1, 0.15) is 0 Å². The zero-order valence-electron chi connectivity index (χ0n) is 5.94. The van der Waals surface area contributed by atoms with E-state index in [4.69, 9.17) is 4.52 Å². The van der Waals surface area contributed by atoms with Gasteiger partial charge in [0.15, 0.2) is 6.33 Å². The normalized spacial score (nSPS) is 10.1. The summed E-state index contributed by atoms with van der Waals surface area (Å²) < 4.78 is 5.74. The van der Waals surface area contributed by atoms with E-state index >= 15 is 0 Å². The largest absolute Gasteiger partial charge is 0.334 e.